The maximum absolute atomic E-state index is 13.9. The minimum Gasteiger partial charge on any atom is -0.335 e. The zero-order valence-corrected chi connectivity index (χ0v) is 22.6. The predicted molar refractivity (Wildman–Crippen MR) is 140 cm³/mol. The van der Waals surface area contributed by atoms with Gasteiger partial charge in [0.05, 0.1) is 5.56 Å². The number of amides is 2. The van der Waals surface area contributed by atoms with Gasteiger partial charge < -0.3 is 14.7 Å². The quantitative estimate of drug-likeness (QED) is 0.338. The minimum absolute atomic E-state index is 0.0121. The van der Waals surface area contributed by atoms with Crippen LogP contribution in [0.15, 0.2) is 24.3 Å². The molecule has 0 unspecified atom stereocenters. The summed E-state index contributed by atoms with van der Waals surface area (Å²) in [5.74, 6) is -0.393. The Morgan fingerprint density at radius 3 is 1.78 bits per heavy atom. The fourth-order valence-corrected chi connectivity index (χ4v) is 5.93. The fraction of sp³-hybridized carbons (Fsp3) is 0.724. The van der Waals surface area contributed by atoms with Gasteiger partial charge in [-0.25, -0.2) is 0 Å². The zero-order valence-electron chi connectivity index (χ0n) is 22.6. The van der Waals surface area contributed by atoms with Crippen molar-refractivity contribution in [2.24, 2.45) is 0 Å². The highest BCUT2D eigenvalue weighted by atomic mass is 19.4. The molecule has 0 bridgehead atoms. The van der Waals surface area contributed by atoms with E-state index >= 15 is 0 Å². The van der Waals surface area contributed by atoms with Crippen LogP contribution in [0.1, 0.15) is 100 Å². The van der Waals surface area contributed by atoms with Crippen molar-refractivity contribution in [3.05, 3.63) is 35.4 Å². The number of hydrogen-bond acceptors (Lipinski definition) is 3. The number of rotatable bonds is 11. The Morgan fingerprint density at radius 1 is 0.811 bits per heavy atom. The lowest BCUT2D eigenvalue weighted by Crippen LogP contribution is -2.53. The Kier molecular flexibility index (Phi) is 11.3. The molecular weight excluding hydrogens is 479 g/mol. The molecule has 0 spiro atoms. The first kappa shape index (κ1) is 29.5. The third-order valence-corrected chi connectivity index (χ3v) is 8.09. The van der Waals surface area contributed by atoms with E-state index < -0.39 is 11.7 Å². The van der Waals surface area contributed by atoms with Crippen molar-refractivity contribution in [1.82, 2.24) is 14.7 Å². The molecule has 2 aliphatic rings. The van der Waals surface area contributed by atoms with Crippen molar-refractivity contribution in [2.75, 3.05) is 32.7 Å². The lowest BCUT2D eigenvalue weighted by molar-refractivity contribution is -0.139. The summed E-state index contributed by atoms with van der Waals surface area (Å²) in [4.78, 5) is 33.3. The molecule has 3 rings (SSSR count). The highest BCUT2D eigenvalue weighted by molar-refractivity contribution is 5.96. The van der Waals surface area contributed by atoms with Gasteiger partial charge in [-0.2, -0.15) is 13.2 Å². The normalized spacial score (nSPS) is 17.7. The molecule has 0 atom stereocenters. The second-order valence-electron chi connectivity index (χ2n) is 10.6. The van der Waals surface area contributed by atoms with Crippen LogP contribution >= 0.6 is 0 Å². The number of carbonyl (C=O) groups excluding carboxylic acids is 2. The monoisotopic (exact) mass is 523 g/mol. The lowest BCUT2D eigenvalue weighted by Gasteiger charge is -2.42. The lowest BCUT2D eigenvalue weighted by atomic mass is 9.88. The molecule has 8 heteroatoms. The van der Waals surface area contributed by atoms with E-state index in [2.05, 4.69) is 23.6 Å². The maximum Gasteiger partial charge on any atom is 0.416 e. The Hall–Kier alpha value is -2.09. The summed E-state index contributed by atoms with van der Waals surface area (Å²) < 4.78 is 39.2. The number of nitrogens with zero attached hydrogens (tertiary/aromatic N) is 3. The molecule has 37 heavy (non-hydrogen) atoms. The topological polar surface area (TPSA) is 43.9 Å². The van der Waals surface area contributed by atoms with Crippen LogP contribution in [-0.4, -0.2) is 71.3 Å². The molecule has 0 heterocycles. The van der Waals surface area contributed by atoms with Gasteiger partial charge in [0.2, 0.25) is 5.91 Å². The van der Waals surface area contributed by atoms with Gasteiger partial charge in [0.1, 0.15) is 6.54 Å². The van der Waals surface area contributed by atoms with Crippen LogP contribution in [0.5, 0.6) is 0 Å². The largest absolute Gasteiger partial charge is 0.416 e. The van der Waals surface area contributed by atoms with Crippen molar-refractivity contribution >= 4 is 11.8 Å². The third-order valence-electron chi connectivity index (χ3n) is 8.09. The second-order valence-corrected chi connectivity index (χ2v) is 10.6. The second kappa shape index (κ2) is 14.2. The Labute approximate surface area is 220 Å². The fourth-order valence-electron chi connectivity index (χ4n) is 5.93. The van der Waals surface area contributed by atoms with Crippen molar-refractivity contribution in [1.29, 1.82) is 0 Å². The van der Waals surface area contributed by atoms with Crippen LogP contribution in [-0.2, 0) is 11.0 Å². The van der Waals surface area contributed by atoms with Gasteiger partial charge in [-0.1, -0.05) is 52.4 Å². The summed E-state index contributed by atoms with van der Waals surface area (Å²) in [7, 11) is 0. The van der Waals surface area contributed by atoms with Gasteiger partial charge >= 0.3 is 6.18 Å². The number of benzene rings is 1. The standard InChI is InChI=1S/C29H44F3N3O2/c1-3-33(4-2)20-11-21-34(28(37)23-16-18-24(19-17-23)29(30,31)32)22-27(36)35(25-12-7-5-8-13-25)26-14-9-6-10-15-26/h16-19,25-26H,3-15,20-22H2,1-2H3. The zero-order chi connectivity index (χ0) is 26.8. The number of carbonyl (C=O) groups is 2. The molecule has 2 saturated carbocycles. The number of alkyl halides is 3. The molecule has 2 amide bonds. The molecule has 2 aliphatic carbocycles. The third kappa shape index (κ3) is 8.45. The highest BCUT2D eigenvalue weighted by Gasteiger charge is 2.34. The van der Waals surface area contributed by atoms with E-state index in [0.717, 1.165) is 83.1 Å². The average molecular weight is 524 g/mol. The summed E-state index contributed by atoms with van der Waals surface area (Å²) in [6.45, 7) is 7.15. The molecule has 2 fully saturated rings. The molecule has 5 nitrogen and oxygen atoms in total. The molecule has 0 aliphatic heterocycles. The summed E-state index contributed by atoms with van der Waals surface area (Å²) in [5, 5.41) is 0. The summed E-state index contributed by atoms with van der Waals surface area (Å²) in [5.41, 5.74) is -0.598. The first-order valence-electron chi connectivity index (χ1n) is 14.2. The van der Waals surface area contributed by atoms with Crippen LogP contribution in [0.3, 0.4) is 0 Å². The Bertz CT molecular complexity index is 825. The SMILES string of the molecule is CCN(CC)CCCN(CC(=O)N(C1CCCCC1)C1CCCCC1)C(=O)c1ccc(C(F)(F)F)cc1. The highest BCUT2D eigenvalue weighted by Crippen LogP contribution is 2.31. The van der Waals surface area contributed by atoms with Crippen LogP contribution in [0.2, 0.25) is 0 Å². The van der Waals surface area contributed by atoms with Crippen LogP contribution in [0.25, 0.3) is 0 Å². The van der Waals surface area contributed by atoms with E-state index in [-0.39, 0.29) is 36.0 Å². The molecule has 208 valence electrons. The number of halogens is 3. The summed E-state index contributed by atoms with van der Waals surface area (Å²) >= 11 is 0. The van der Waals surface area contributed by atoms with E-state index in [1.165, 1.54) is 25.0 Å². The molecule has 1 aromatic carbocycles. The van der Waals surface area contributed by atoms with Crippen LogP contribution in [0.4, 0.5) is 13.2 Å². The minimum atomic E-state index is -4.46. The van der Waals surface area contributed by atoms with E-state index in [1.54, 1.807) is 4.90 Å². The van der Waals surface area contributed by atoms with E-state index in [0.29, 0.717) is 13.0 Å². The van der Waals surface area contributed by atoms with Crippen LogP contribution < -0.4 is 0 Å². The van der Waals surface area contributed by atoms with Gasteiger partial charge in [-0.05, 0) is 76.0 Å². The van der Waals surface area contributed by atoms with Gasteiger partial charge in [-0.3, -0.25) is 9.59 Å². The van der Waals surface area contributed by atoms with E-state index in [9.17, 15) is 22.8 Å². The van der Waals surface area contributed by atoms with E-state index in [4.69, 9.17) is 0 Å². The van der Waals surface area contributed by atoms with Crippen molar-refractivity contribution in [2.45, 2.75) is 103 Å². The molecule has 0 saturated heterocycles. The molecule has 1 aromatic rings. The van der Waals surface area contributed by atoms with Crippen molar-refractivity contribution in [3.63, 3.8) is 0 Å². The van der Waals surface area contributed by atoms with Gasteiger partial charge in [-0.15, -0.1) is 0 Å². The van der Waals surface area contributed by atoms with E-state index in [1.807, 2.05) is 0 Å². The molecule has 0 radical (unpaired) electrons. The van der Waals surface area contributed by atoms with Crippen molar-refractivity contribution in [3.8, 4) is 0 Å². The first-order valence-corrected chi connectivity index (χ1v) is 14.2. The first-order chi connectivity index (χ1) is 17.7. The van der Waals surface area contributed by atoms with Gasteiger partial charge in [0.15, 0.2) is 0 Å². The molecule has 0 N–H and O–H groups in total. The van der Waals surface area contributed by atoms with Gasteiger partial charge in [0, 0.05) is 24.2 Å². The maximum atomic E-state index is 13.9. The van der Waals surface area contributed by atoms with Gasteiger partial charge in [0.25, 0.3) is 5.91 Å². The number of hydrogen-bond donors (Lipinski definition) is 0. The summed E-state index contributed by atoms with van der Waals surface area (Å²) in [6, 6.07) is 4.80. The average Bonchev–Trinajstić information content (AvgIpc) is 2.91. The smallest absolute Gasteiger partial charge is 0.335 e. The Morgan fingerprint density at radius 2 is 1.32 bits per heavy atom. The molecule has 0 aromatic heterocycles. The summed E-state index contributed by atoms with van der Waals surface area (Å²) in [6.07, 6.45) is 7.19. The van der Waals surface area contributed by atoms with Crippen LogP contribution in [0, 0.1) is 0 Å². The van der Waals surface area contributed by atoms with Crippen molar-refractivity contribution < 1.29 is 22.8 Å². The molecular formula is C29H44F3N3O2. The Balaban J connectivity index is 1.79. The predicted octanol–water partition coefficient (Wildman–Crippen LogP) is 6.37.